The molecule has 2 saturated heterocycles. The van der Waals surface area contributed by atoms with Crippen molar-refractivity contribution in [3.05, 3.63) is 23.9 Å². The second kappa shape index (κ2) is 10.5. The minimum Gasteiger partial charge on any atom is -0.483 e. The second-order valence-electron chi connectivity index (χ2n) is 8.39. The Kier molecular flexibility index (Phi) is 7.73. The number of tetrazole rings is 1. The van der Waals surface area contributed by atoms with Crippen molar-refractivity contribution in [1.29, 1.82) is 0 Å². The second-order valence-corrected chi connectivity index (χ2v) is 8.39. The molecule has 1 atom stereocenters. The summed E-state index contributed by atoms with van der Waals surface area (Å²) in [5.74, 6) is -0.207. The molecule has 2 fully saturated rings. The highest BCUT2D eigenvalue weighted by Crippen LogP contribution is 2.43. The zero-order chi connectivity index (χ0) is 23.1. The molecule has 0 bridgehead atoms. The third kappa shape index (κ3) is 5.04. The zero-order valence-corrected chi connectivity index (χ0v) is 18.5. The number of piperidine rings is 1. The number of likely N-dealkylation sites (N-methyl/N-ethyl adjacent to an activating group) is 1. The van der Waals surface area contributed by atoms with E-state index in [4.69, 9.17) is 14.6 Å². The molecule has 11 heteroatoms. The Bertz CT molecular complexity index is 940. The Morgan fingerprint density at radius 1 is 1.38 bits per heavy atom. The van der Waals surface area contributed by atoms with Gasteiger partial charge in [0.15, 0.2) is 5.65 Å². The van der Waals surface area contributed by atoms with Gasteiger partial charge in [0.05, 0.1) is 5.41 Å². The third-order valence-electron chi connectivity index (χ3n) is 6.18. The number of likely N-dealkylation sites (tertiary alicyclic amines) is 1. The van der Waals surface area contributed by atoms with Gasteiger partial charge in [-0.2, -0.15) is 4.52 Å². The van der Waals surface area contributed by atoms with Crippen molar-refractivity contribution in [1.82, 2.24) is 29.8 Å². The Hall–Kier alpha value is -3.08. The van der Waals surface area contributed by atoms with Crippen molar-refractivity contribution in [2.75, 3.05) is 33.2 Å². The SMILES string of the molecule is CCCCN(C)CC1CC2(CCN(C(=O)c3cccc4nnnn34)CC2)C(=O)O1.O=CO. The third-order valence-corrected chi connectivity index (χ3v) is 6.18. The van der Waals surface area contributed by atoms with Crippen LogP contribution in [0.2, 0.25) is 0 Å². The maximum absolute atomic E-state index is 13.0. The number of amides is 1. The molecule has 1 spiro atoms. The Morgan fingerprint density at radius 3 is 2.78 bits per heavy atom. The van der Waals surface area contributed by atoms with Gasteiger partial charge in [0.25, 0.3) is 12.4 Å². The topological polar surface area (TPSA) is 130 Å². The molecule has 0 saturated carbocycles. The summed E-state index contributed by atoms with van der Waals surface area (Å²) < 4.78 is 7.18. The van der Waals surface area contributed by atoms with E-state index in [2.05, 4.69) is 34.4 Å². The Labute approximate surface area is 186 Å². The summed E-state index contributed by atoms with van der Waals surface area (Å²) in [7, 11) is 2.08. The van der Waals surface area contributed by atoms with E-state index in [1.807, 2.05) is 0 Å². The van der Waals surface area contributed by atoms with Crippen LogP contribution in [0.1, 0.15) is 49.5 Å². The van der Waals surface area contributed by atoms with Gasteiger partial charge >= 0.3 is 5.97 Å². The number of hydrogen-bond donors (Lipinski definition) is 1. The molecule has 32 heavy (non-hydrogen) atoms. The number of pyridine rings is 1. The van der Waals surface area contributed by atoms with Gasteiger partial charge in [-0.1, -0.05) is 19.4 Å². The first-order valence-corrected chi connectivity index (χ1v) is 10.9. The van der Waals surface area contributed by atoms with E-state index in [1.54, 1.807) is 23.1 Å². The van der Waals surface area contributed by atoms with Gasteiger partial charge < -0.3 is 19.6 Å². The van der Waals surface area contributed by atoms with Gasteiger partial charge in [-0.3, -0.25) is 14.4 Å². The fourth-order valence-electron chi connectivity index (χ4n) is 4.44. The Balaban J connectivity index is 0.000000913. The highest BCUT2D eigenvalue weighted by molar-refractivity contribution is 5.93. The van der Waals surface area contributed by atoms with Gasteiger partial charge in [-0.25, -0.2) is 0 Å². The largest absolute Gasteiger partial charge is 0.483 e. The molecular formula is C21H30N6O5. The van der Waals surface area contributed by atoms with Crippen LogP contribution in [0, 0.1) is 5.41 Å². The Morgan fingerprint density at radius 2 is 2.09 bits per heavy atom. The predicted octanol–water partition coefficient (Wildman–Crippen LogP) is 1.09. The number of nitrogens with zero attached hydrogens (tertiary/aromatic N) is 6. The van der Waals surface area contributed by atoms with Crippen LogP contribution >= 0.6 is 0 Å². The molecule has 0 radical (unpaired) electrons. The molecule has 1 unspecified atom stereocenters. The normalized spacial score (nSPS) is 19.7. The van der Waals surface area contributed by atoms with E-state index in [9.17, 15) is 9.59 Å². The van der Waals surface area contributed by atoms with E-state index >= 15 is 0 Å². The smallest absolute Gasteiger partial charge is 0.312 e. The fraction of sp³-hybridized carbons (Fsp3) is 0.619. The predicted molar refractivity (Wildman–Crippen MR) is 114 cm³/mol. The molecule has 0 aliphatic carbocycles. The van der Waals surface area contributed by atoms with Gasteiger partial charge in [0, 0.05) is 26.1 Å². The molecule has 0 aromatic carbocycles. The van der Waals surface area contributed by atoms with Crippen LogP contribution < -0.4 is 0 Å². The lowest BCUT2D eigenvalue weighted by Crippen LogP contribution is -2.45. The number of ether oxygens (including phenoxy) is 1. The molecule has 4 rings (SSSR count). The van der Waals surface area contributed by atoms with Crippen LogP contribution in [-0.4, -0.2) is 92.6 Å². The lowest BCUT2D eigenvalue weighted by molar-refractivity contribution is -0.151. The molecule has 2 aliphatic rings. The van der Waals surface area contributed by atoms with Gasteiger partial charge in [0.2, 0.25) is 0 Å². The molecule has 2 aromatic heterocycles. The number of unbranched alkanes of at least 4 members (excludes halogenated alkanes) is 1. The fourth-order valence-corrected chi connectivity index (χ4v) is 4.44. The summed E-state index contributed by atoms with van der Waals surface area (Å²) in [6.07, 6.45) is 4.26. The minimum atomic E-state index is -0.451. The summed E-state index contributed by atoms with van der Waals surface area (Å²) in [6.45, 7) is 4.78. The molecule has 4 heterocycles. The van der Waals surface area contributed by atoms with Crippen molar-refractivity contribution < 1.29 is 24.2 Å². The van der Waals surface area contributed by atoms with Gasteiger partial charge in [-0.15, -0.1) is 5.10 Å². The monoisotopic (exact) mass is 446 g/mol. The first kappa shape index (κ1) is 23.6. The van der Waals surface area contributed by atoms with Crippen molar-refractivity contribution in [2.45, 2.75) is 45.1 Å². The van der Waals surface area contributed by atoms with E-state index in [0.29, 0.717) is 37.3 Å². The molecule has 1 N–H and O–H groups in total. The molecule has 2 aliphatic heterocycles. The van der Waals surface area contributed by atoms with Crippen LogP contribution in [0.25, 0.3) is 5.65 Å². The van der Waals surface area contributed by atoms with Crippen molar-refractivity contribution in [3.63, 3.8) is 0 Å². The van der Waals surface area contributed by atoms with Crippen molar-refractivity contribution in [2.24, 2.45) is 5.41 Å². The van der Waals surface area contributed by atoms with Crippen molar-refractivity contribution in [3.8, 4) is 0 Å². The number of carboxylic acid groups (broad SMARTS) is 1. The zero-order valence-electron chi connectivity index (χ0n) is 18.5. The number of rotatable bonds is 6. The highest BCUT2D eigenvalue weighted by Gasteiger charge is 2.51. The lowest BCUT2D eigenvalue weighted by atomic mass is 9.76. The number of carbonyl (C=O) groups is 3. The molecule has 11 nitrogen and oxygen atoms in total. The maximum Gasteiger partial charge on any atom is 0.312 e. The van der Waals surface area contributed by atoms with Crippen LogP contribution in [0.4, 0.5) is 0 Å². The van der Waals surface area contributed by atoms with E-state index < -0.39 is 5.41 Å². The molecular weight excluding hydrogens is 416 g/mol. The average molecular weight is 447 g/mol. The first-order valence-electron chi connectivity index (χ1n) is 10.9. The maximum atomic E-state index is 13.0. The standard InChI is InChI=1S/C20H28N6O3.CH2O2/c1-3-4-10-24(2)14-15-13-20(19(28)29-15)8-11-25(12-9-20)18(27)16-6-5-7-17-21-22-23-26(16)17;2-1-3/h5-7,15H,3-4,8-14H2,1-2H3;1H,(H,2,3). The van der Waals surface area contributed by atoms with Crippen molar-refractivity contribution >= 4 is 24.0 Å². The summed E-state index contributed by atoms with van der Waals surface area (Å²) in [5, 5.41) is 18.3. The van der Waals surface area contributed by atoms with Gasteiger partial charge in [0.1, 0.15) is 11.8 Å². The number of esters is 1. The number of aromatic nitrogens is 4. The number of hydrogen-bond acceptors (Lipinski definition) is 8. The highest BCUT2D eigenvalue weighted by atomic mass is 16.6. The lowest BCUT2D eigenvalue weighted by Gasteiger charge is -2.36. The number of fused-ring (bicyclic) bond motifs is 1. The van der Waals surface area contributed by atoms with Crippen LogP contribution in [0.3, 0.4) is 0 Å². The summed E-state index contributed by atoms with van der Waals surface area (Å²) >= 11 is 0. The summed E-state index contributed by atoms with van der Waals surface area (Å²) in [5.41, 5.74) is 0.528. The molecule has 174 valence electrons. The quantitative estimate of drug-likeness (QED) is 0.512. The van der Waals surface area contributed by atoms with Crippen LogP contribution in [-0.2, 0) is 14.3 Å². The van der Waals surface area contributed by atoms with Gasteiger partial charge in [-0.05, 0) is 55.4 Å². The molecule has 1 amide bonds. The minimum absolute atomic E-state index is 0.0541. The van der Waals surface area contributed by atoms with Crippen LogP contribution in [0.15, 0.2) is 18.2 Å². The molecule has 2 aromatic rings. The summed E-state index contributed by atoms with van der Waals surface area (Å²) in [6, 6.07) is 5.26. The van der Waals surface area contributed by atoms with E-state index in [0.717, 1.165) is 32.4 Å². The first-order chi connectivity index (χ1) is 15.4. The van der Waals surface area contributed by atoms with Crippen LogP contribution in [0.5, 0.6) is 0 Å². The summed E-state index contributed by atoms with van der Waals surface area (Å²) in [4.78, 5) is 38.1. The number of cyclic esters (lactones) is 1. The number of carbonyl (C=O) groups excluding carboxylic acids is 2. The van der Waals surface area contributed by atoms with E-state index in [1.165, 1.54) is 4.52 Å². The van der Waals surface area contributed by atoms with E-state index in [-0.39, 0.29) is 24.5 Å². The average Bonchev–Trinajstić information content (AvgIpc) is 3.37.